The third kappa shape index (κ3) is 8.46. The number of alkyl halides is 2. The molecule has 0 spiro atoms. The second kappa shape index (κ2) is 14.9. The number of imidazole rings is 1. The molecule has 1 aromatic carbocycles. The second-order valence-corrected chi connectivity index (χ2v) is 12.1. The lowest BCUT2D eigenvalue weighted by Gasteiger charge is -2.42. The van der Waals surface area contributed by atoms with Gasteiger partial charge in [0.2, 0.25) is 6.43 Å². The first-order valence-electron chi connectivity index (χ1n) is 15.7. The summed E-state index contributed by atoms with van der Waals surface area (Å²) in [6, 6.07) is 6.12. The second-order valence-electron chi connectivity index (χ2n) is 12.1. The Hall–Kier alpha value is -4.50. The number of carbonyl (C=O) groups excluding carboxylic acids is 1. The van der Waals surface area contributed by atoms with Crippen LogP contribution in [0.4, 0.5) is 24.7 Å². The number of ether oxygens (including phenoxy) is 1. The zero-order chi connectivity index (χ0) is 33.6. The summed E-state index contributed by atoms with van der Waals surface area (Å²) in [5.74, 6) is -0.968. The first kappa shape index (κ1) is 33.9. The van der Waals surface area contributed by atoms with Gasteiger partial charge in [-0.1, -0.05) is 26.2 Å². The molecule has 7 N–H and O–H groups in total. The van der Waals surface area contributed by atoms with Crippen LogP contribution in [0.1, 0.15) is 57.4 Å². The van der Waals surface area contributed by atoms with Crippen molar-refractivity contribution < 1.29 is 22.7 Å². The summed E-state index contributed by atoms with van der Waals surface area (Å²) in [6.45, 7) is 2.78. The average Bonchev–Trinajstić information content (AvgIpc) is 3.44. The number of nitrogens with zero attached hydrogens (tertiary/aromatic N) is 6. The van der Waals surface area contributed by atoms with Gasteiger partial charge in [-0.25, -0.2) is 28.1 Å². The van der Waals surface area contributed by atoms with E-state index in [9.17, 15) is 18.0 Å². The third-order valence-electron chi connectivity index (χ3n) is 8.30. The number of aromatic nitrogens is 5. The Morgan fingerprint density at radius 1 is 1.17 bits per heavy atom. The number of nitrogens with two attached hydrogens (primary N) is 3. The van der Waals surface area contributed by atoms with Crippen LogP contribution in [0.15, 0.2) is 43.1 Å². The molecule has 252 valence electrons. The van der Waals surface area contributed by atoms with Crippen molar-refractivity contribution >= 4 is 28.6 Å². The fraction of sp³-hybridized carbons (Fsp3) is 0.469. The van der Waals surface area contributed by atoms with Crippen LogP contribution in [0, 0.1) is 5.82 Å². The van der Waals surface area contributed by atoms with Crippen LogP contribution in [0.25, 0.3) is 22.4 Å². The number of rotatable bonds is 14. The lowest BCUT2D eigenvalue weighted by Crippen LogP contribution is -2.55. The van der Waals surface area contributed by atoms with Crippen molar-refractivity contribution in [2.24, 2.45) is 11.5 Å². The zero-order valence-corrected chi connectivity index (χ0v) is 26.3. The molecular formula is C32H41F3N10O2. The Morgan fingerprint density at radius 2 is 2.00 bits per heavy atom. The van der Waals surface area contributed by atoms with Gasteiger partial charge in [0.05, 0.1) is 36.6 Å². The van der Waals surface area contributed by atoms with E-state index >= 15 is 0 Å². The van der Waals surface area contributed by atoms with E-state index in [0.717, 1.165) is 24.8 Å². The Morgan fingerprint density at radius 3 is 2.79 bits per heavy atom. The van der Waals surface area contributed by atoms with Crippen molar-refractivity contribution in [3.63, 3.8) is 0 Å². The maximum absolute atomic E-state index is 14.8. The first-order valence-corrected chi connectivity index (χ1v) is 15.7. The van der Waals surface area contributed by atoms with E-state index in [1.807, 2.05) is 11.0 Å². The molecule has 1 aliphatic heterocycles. The van der Waals surface area contributed by atoms with E-state index in [-0.39, 0.29) is 24.7 Å². The van der Waals surface area contributed by atoms with Crippen molar-refractivity contribution in [1.82, 2.24) is 29.8 Å². The number of nitrogens with one attached hydrogen (secondary N) is 1. The fourth-order valence-corrected chi connectivity index (χ4v) is 5.95. The fourth-order valence-electron chi connectivity index (χ4n) is 5.95. The summed E-state index contributed by atoms with van der Waals surface area (Å²) in [5, 5.41) is 2.67. The van der Waals surface area contributed by atoms with Crippen LogP contribution in [-0.4, -0.2) is 68.2 Å². The molecule has 12 nitrogen and oxygen atoms in total. The van der Waals surface area contributed by atoms with Gasteiger partial charge in [-0.05, 0) is 49.1 Å². The highest BCUT2D eigenvalue weighted by Gasteiger charge is 2.35. The van der Waals surface area contributed by atoms with Crippen LogP contribution in [-0.2, 0) is 11.3 Å². The molecule has 0 unspecified atom stereocenters. The molecule has 0 bridgehead atoms. The van der Waals surface area contributed by atoms with Crippen LogP contribution in [0.2, 0.25) is 0 Å². The quantitative estimate of drug-likeness (QED) is 0.115. The molecule has 1 saturated heterocycles. The topological polar surface area (TPSA) is 176 Å². The molecule has 0 saturated carbocycles. The molecule has 1 fully saturated rings. The first-order chi connectivity index (χ1) is 22.5. The number of hydrogen-bond acceptors (Lipinski definition) is 10. The highest BCUT2D eigenvalue weighted by molar-refractivity contribution is 5.81. The summed E-state index contributed by atoms with van der Waals surface area (Å²) in [4.78, 5) is 31.8. The predicted octanol–water partition coefficient (Wildman–Crippen LogP) is 3.97. The Labute approximate surface area is 270 Å². The smallest absolute Gasteiger partial charge is 0.259 e. The summed E-state index contributed by atoms with van der Waals surface area (Å²) in [5.41, 5.74) is 20.9. The van der Waals surface area contributed by atoms with Crippen molar-refractivity contribution in [1.29, 1.82) is 0 Å². The molecule has 4 aromatic rings. The number of hydrogen-bond donors (Lipinski definition) is 4. The minimum absolute atomic E-state index is 0.117. The number of piperidine rings is 1. The van der Waals surface area contributed by atoms with Crippen molar-refractivity contribution in [2.45, 2.75) is 76.5 Å². The molecule has 15 heteroatoms. The minimum Gasteiger partial charge on any atom is -0.481 e. The lowest BCUT2D eigenvalue weighted by atomic mass is 9.86. The van der Waals surface area contributed by atoms with E-state index in [0.29, 0.717) is 53.9 Å². The van der Waals surface area contributed by atoms with Crippen molar-refractivity contribution in [3.8, 4) is 17.0 Å². The van der Waals surface area contributed by atoms with Gasteiger partial charge in [0, 0.05) is 30.6 Å². The average molecular weight is 655 g/mol. The van der Waals surface area contributed by atoms with Crippen molar-refractivity contribution in [3.05, 3.63) is 54.5 Å². The van der Waals surface area contributed by atoms with Crippen LogP contribution in [0.5, 0.6) is 5.75 Å². The van der Waals surface area contributed by atoms with Gasteiger partial charge >= 0.3 is 0 Å². The van der Waals surface area contributed by atoms with Crippen LogP contribution < -0.4 is 32.2 Å². The molecule has 1 aliphatic rings. The summed E-state index contributed by atoms with van der Waals surface area (Å²) in [7, 11) is 0. The highest BCUT2D eigenvalue weighted by Crippen LogP contribution is 2.34. The summed E-state index contributed by atoms with van der Waals surface area (Å²) in [6.07, 6.45) is 5.88. The molecule has 3 aromatic heterocycles. The number of anilines is 2. The van der Waals surface area contributed by atoms with E-state index < -0.39 is 42.9 Å². The lowest BCUT2D eigenvalue weighted by molar-refractivity contribution is -0.123. The van der Waals surface area contributed by atoms with Crippen molar-refractivity contribution in [2.75, 3.05) is 30.3 Å². The Balaban J connectivity index is 1.42. The molecule has 2 atom stereocenters. The molecule has 4 heterocycles. The van der Waals surface area contributed by atoms with E-state index in [1.165, 1.54) is 18.5 Å². The maximum Gasteiger partial charge on any atom is 0.259 e. The SMILES string of the molecule is CCCCC[C@@H](N)NC(=O)COc1cc(-c2cc(Cn3cnc4c(N)ncnc43)c(N3CCC[C@](N)(CC(F)F)C3)cn2)ccc1F. The monoisotopic (exact) mass is 654 g/mol. The normalized spacial score (nSPS) is 17.3. The van der Waals surface area contributed by atoms with Gasteiger partial charge in [0.15, 0.2) is 29.6 Å². The van der Waals surface area contributed by atoms with Gasteiger partial charge < -0.3 is 36.7 Å². The number of nitrogen functional groups attached to an aromatic ring is 1. The van der Waals surface area contributed by atoms with Crippen LogP contribution in [0.3, 0.4) is 0 Å². The maximum atomic E-state index is 14.8. The highest BCUT2D eigenvalue weighted by atomic mass is 19.3. The molecule has 47 heavy (non-hydrogen) atoms. The predicted molar refractivity (Wildman–Crippen MR) is 173 cm³/mol. The molecule has 1 amide bonds. The number of carbonyl (C=O) groups is 1. The number of fused-ring (bicyclic) bond motifs is 1. The Bertz CT molecular complexity index is 1690. The minimum atomic E-state index is -2.52. The van der Waals surface area contributed by atoms with Gasteiger partial charge in [-0.15, -0.1) is 0 Å². The number of unbranched alkanes of at least 4 members (excludes halogenated alkanes) is 2. The molecule has 0 aliphatic carbocycles. The molecular weight excluding hydrogens is 613 g/mol. The Kier molecular flexibility index (Phi) is 10.8. The van der Waals surface area contributed by atoms with Gasteiger partial charge in [-0.2, -0.15) is 0 Å². The van der Waals surface area contributed by atoms with Crippen LogP contribution >= 0.6 is 0 Å². The number of halogens is 3. The largest absolute Gasteiger partial charge is 0.481 e. The number of amides is 1. The number of pyridine rings is 1. The van der Waals surface area contributed by atoms with Gasteiger partial charge in [0.1, 0.15) is 11.8 Å². The summed E-state index contributed by atoms with van der Waals surface area (Å²) < 4.78 is 49.0. The van der Waals surface area contributed by atoms with E-state index in [1.54, 1.807) is 23.2 Å². The summed E-state index contributed by atoms with van der Waals surface area (Å²) >= 11 is 0. The van der Waals surface area contributed by atoms with Gasteiger partial charge in [0.25, 0.3) is 5.91 Å². The molecule has 5 rings (SSSR count). The standard InChI is InChI=1S/C32H41F3N10O2/c1-2-3-4-6-27(36)43-28(46)16-47-25-12-20(7-8-22(25)33)23-11-21(15-45-19-42-29-30(37)40-18-41-31(29)45)24(14-39-23)44-10-5-9-32(38,17-44)13-26(34)35/h7-8,11-12,14,18-19,26-27H,2-6,9-10,13,15-17,36,38H2,1H3,(H,43,46)(H2,37,40,41)/t27-,32-/m0/s1. The number of benzene rings is 1. The zero-order valence-electron chi connectivity index (χ0n) is 26.3. The van der Waals surface area contributed by atoms with E-state index in [2.05, 4.69) is 32.2 Å². The van der Waals surface area contributed by atoms with E-state index in [4.69, 9.17) is 21.9 Å². The molecule has 0 radical (unpaired) electrons. The third-order valence-corrected chi connectivity index (χ3v) is 8.30. The van der Waals surface area contributed by atoms with Gasteiger partial charge in [-0.3, -0.25) is 9.78 Å².